The molecule has 1 aliphatic carbocycles. The summed E-state index contributed by atoms with van der Waals surface area (Å²) in [7, 11) is -0.739. The summed E-state index contributed by atoms with van der Waals surface area (Å²) in [6, 6.07) is 7.15. The molecule has 2 nitrogen and oxygen atoms in total. The van der Waals surface area contributed by atoms with Crippen LogP contribution in [-0.4, -0.2) is 22.5 Å². The molecule has 0 aromatic heterocycles. The Morgan fingerprint density at radius 2 is 1.88 bits per heavy atom. The zero-order valence-electron chi connectivity index (χ0n) is 10.7. The first-order chi connectivity index (χ1) is 8.13. The van der Waals surface area contributed by atoms with E-state index in [9.17, 15) is 4.21 Å². The lowest BCUT2D eigenvalue weighted by Gasteiger charge is -2.06. The highest BCUT2D eigenvalue weighted by Gasteiger charge is 2.19. The normalized spacial score (nSPS) is 17.1. The molecule has 0 amide bonds. The second-order valence-electron chi connectivity index (χ2n) is 5.01. The van der Waals surface area contributed by atoms with Gasteiger partial charge >= 0.3 is 0 Å². The minimum Gasteiger partial charge on any atom is -0.313 e. The van der Waals surface area contributed by atoms with E-state index in [1.807, 2.05) is 0 Å². The molecule has 2 rings (SSSR count). The van der Waals surface area contributed by atoms with Crippen LogP contribution in [0.25, 0.3) is 0 Å². The van der Waals surface area contributed by atoms with E-state index in [2.05, 4.69) is 37.4 Å². The molecule has 0 radical (unpaired) electrons. The molecule has 1 unspecified atom stereocenters. The lowest BCUT2D eigenvalue weighted by Crippen LogP contribution is -2.22. The van der Waals surface area contributed by atoms with Crippen LogP contribution in [0.1, 0.15) is 29.5 Å². The van der Waals surface area contributed by atoms with Crippen molar-refractivity contribution in [1.82, 2.24) is 5.32 Å². The van der Waals surface area contributed by atoms with Crippen molar-refractivity contribution in [2.75, 3.05) is 12.3 Å². The van der Waals surface area contributed by atoms with Gasteiger partial charge < -0.3 is 5.32 Å². The Kier molecular flexibility index (Phi) is 4.35. The zero-order valence-corrected chi connectivity index (χ0v) is 11.5. The average Bonchev–Trinajstić information content (AvgIpc) is 2.99. The van der Waals surface area contributed by atoms with Crippen molar-refractivity contribution >= 4 is 10.8 Å². The summed E-state index contributed by atoms with van der Waals surface area (Å²) in [4.78, 5) is 0. The van der Waals surface area contributed by atoms with Crippen LogP contribution < -0.4 is 5.32 Å². The smallest absolute Gasteiger partial charge is 0.0486 e. The largest absolute Gasteiger partial charge is 0.313 e. The maximum Gasteiger partial charge on any atom is 0.0486 e. The molecule has 0 bridgehead atoms. The molecule has 1 atom stereocenters. The first-order valence-corrected chi connectivity index (χ1v) is 7.78. The summed E-state index contributed by atoms with van der Waals surface area (Å²) in [6.45, 7) is 5.07. The summed E-state index contributed by atoms with van der Waals surface area (Å²) in [5.74, 6) is 1.46. The second kappa shape index (κ2) is 5.78. The molecular weight excluding hydrogens is 230 g/mol. The molecule has 0 heterocycles. The Morgan fingerprint density at radius 3 is 2.47 bits per heavy atom. The fourth-order valence-electron chi connectivity index (χ4n) is 2.07. The Hall–Kier alpha value is -0.670. The van der Waals surface area contributed by atoms with Gasteiger partial charge in [0.25, 0.3) is 0 Å². The molecule has 1 aliphatic rings. The first-order valence-electron chi connectivity index (χ1n) is 6.29. The third-order valence-electron chi connectivity index (χ3n) is 2.95. The maximum absolute atomic E-state index is 11.9. The van der Waals surface area contributed by atoms with Gasteiger partial charge in [0.1, 0.15) is 0 Å². The van der Waals surface area contributed by atoms with E-state index < -0.39 is 10.8 Å². The van der Waals surface area contributed by atoms with Gasteiger partial charge in [-0.25, -0.2) is 0 Å². The summed E-state index contributed by atoms with van der Waals surface area (Å²) in [6.07, 6.45) is 2.59. The van der Waals surface area contributed by atoms with Crippen LogP contribution in [0.5, 0.6) is 0 Å². The molecule has 17 heavy (non-hydrogen) atoms. The standard InChI is InChI=1S/C14H21NOS/c1-11-7-12(2)9-13(8-11)10-17(16)6-5-15-14-3-4-14/h7-9,14-15H,3-6,10H2,1-2H3. The van der Waals surface area contributed by atoms with Crippen LogP contribution in [0.2, 0.25) is 0 Å². The molecule has 0 spiro atoms. The predicted molar refractivity (Wildman–Crippen MR) is 73.7 cm³/mol. The van der Waals surface area contributed by atoms with Gasteiger partial charge in [-0.3, -0.25) is 4.21 Å². The number of aryl methyl sites for hydroxylation is 2. The molecule has 1 aromatic rings. The highest BCUT2D eigenvalue weighted by molar-refractivity contribution is 7.84. The third kappa shape index (κ3) is 4.60. The highest BCUT2D eigenvalue weighted by atomic mass is 32.2. The zero-order chi connectivity index (χ0) is 12.3. The fraction of sp³-hybridized carbons (Fsp3) is 0.571. The van der Waals surface area contributed by atoms with Crippen LogP contribution in [-0.2, 0) is 16.6 Å². The SMILES string of the molecule is Cc1cc(C)cc(CS(=O)CCNC2CC2)c1. The van der Waals surface area contributed by atoms with Crippen LogP contribution in [0, 0.1) is 13.8 Å². The number of nitrogens with one attached hydrogen (secondary N) is 1. The van der Waals surface area contributed by atoms with Gasteiger partial charge in [0.15, 0.2) is 0 Å². The van der Waals surface area contributed by atoms with E-state index in [0.717, 1.165) is 12.3 Å². The molecule has 0 saturated heterocycles. The van der Waals surface area contributed by atoms with Crippen molar-refractivity contribution in [2.24, 2.45) is 0 Å². The molecule has 1 N–H and O–H groups in total. The van der Waals surface area contributed by atoms with Gasteiger partial charge in [0, 0.05) is 34.9 Å². The first kappa shape index (κ1) is 12.8. The molecule has 3 heteroatoms. The van der Waals surface area contributed by atoms with E-state index in [0.29, 0.717) is 11.8 Å². The van der Waals surface area contributed by atoms with Crippen LogP contribution in [0.4, 0.5) is 0 Å². The van der Waals surface area contributed by atoms with Gasteiger partial charge in [-0.15, -0.1) is 0 Å². The lowest BCUT2D eigenvalue weighted by atomic mass is 10.1. The summed E-state index contributed by atoms with van der Waals surface area (Å²) in [5.41, 5.74) is 3.72. The van der Waals surface area contributed by atoms with Gasteiger partial charge in [0.05, 0.1) is 0 Å². The van der Waals surface area contributed by atoms with E-state index in [1.54, 1.807) is 0 Å². The van der Waals surface area contributed by atoms with Crippen molar-refractivity contribution in [2.45, 2.75) is 38.5 Å². The van der Waals surface area contributed by atoms with E-state index in [4.69, 9.17) is 0 Å². The fourth-order valence-corrected chi connectivity index (χ4v) is 3.10. The van der Waals surface area contributed by atoms with Crippen LogP contribution in [0.3, 0.4) is 0 Å². The third-order valence-corrected chi connectivity index (χ3v) is 4.26. The second-order valence-corrected chi connectivity index (χ2v) is 6.59. The topological polar surface area (TPSA) is 29.1 Å². The molecular formula is C14H21NOS. The van der Waals surface area contributed by atoms with Gasteiger partial charge in [-0.2, -0.15) is 0 Å². The predicted octanol–water partition coefficient (Wildman–Crippen LogP) is 2.30. The van der Waals surface area contributed by atoms with E-state index in [1.165, 1.54) is 29.5 Å². The quantitative estimate of drug-likeness (QED) is 0.840. The van der Waals surface area contributed by atoms with Crippen molar-refractivity contribution in [3.05, 3.63) is 34.9 Å². The summed E-state index contributed by atoms with van der Waals surface area (Å²) >= 11 is 0. The van der Waals surface area contributed by atoms with Crippen molar-refractivity contribution < 1.29 is 4.21 Å². The maximum atomic E-state index is 11.9. The monoisotopic (exact) mass is 251 g/mol. The van der Waals surface area contributed by atoms with Crippen molar-refractivity contribution in [3.63, 3.8) is 0 Å². The average molecular weight is 251 g/mol. The summed E-state index contributed by atoms with van der Waals surface area (Å²) in [5, 5.41) is 3.40. The number of benzene rings is 1. The summed E-state index contributed by atoms with van der Waals surface area (Å²) < 4.78 is 11.9. The Morgan fingerprint density at radius 1 is 1.24 bits per heavy atom. The van der Waals surface area contributed by atoms with Gasteiger partial charge in [-0.05, 0) is 32.3 Å². The van der Waals surface area contributed by atoms with Crippen LogP contribution >= 0.6 is 0 Å². The Labute approximate surface area is 106 Å². The van der Waals surface area contributed by atoms with Crippen molar-refractivity contribution in [1.29, 1.82) is 0 Å². The van der Waals surface area contributed by atoms with E-state index in [-0.39, 0.29) is 0 Å². The molecule has 1 fully saturated rings. The molecule has 94 valence electrons. The minimum atomic E-state index is -0.739. The van der Waals surface area contributed by atoms with Gasteiger partial charge in [0.2, 0.25) is 0 Å². The molecule has 1 aromatic carbocycles. The van der Waals surface area contributed by atoms with Gasteiger partial charge in [-0.1, -0.05) is 29.3 Å². The number of hydrogen-bond donors (Lipinski definition) is 1. The number of rotatable bonds is 6. The van der Waals surface area contributed by atoms with Crippen LogP contribution in [0.15, 0.2) is 18.2 Å². The molecule has 0 aliphatic heterocycles. The van der Waals surface area contributed by atoms with E-state index >= 15 is 0 Å². The number of hydrogen-bond acceptors (Lipinski definition) is 2. The Balaban J connectivity index is 1.79. The Bertz CT molecular complexity index is 392. The molecule has 1 saturated carbocycles. The lowest BCUT2D eigenvalue weighted by molar-refractivity contribution is 0.672. The minimum absolute atomic E-state index is 0.689. The highest BCUT2D eigenvalue weighted by Crippen LogP contribution is 2.18. The van der Waals surface area contributed by atoms with Crippen molar-refractivity contribution in [3.8, 4) is 0 Å².